The molecular formula is C20H27N5O. The molecule has 6 heteroatoms. The van der Waals surface area contributed by atoms with Gasteiger partial charge in [0.1, 0.15) is 11.9 Å². The molecule has 2 heterocycles. The summed E-state index contributed by atoms with van der Waals surface area (Å²) in [6.07, 6.45) is 6.17. The maximum absolute atomic E-state index is 13.2. The van der Waals surface area contributed by atoms with Gasteiger partial charge in [0.05, 0.1) is 0 Å². The van der Waals surface area contributed by atoms with Crippen LogP contribution in [0.5, 0.6) is 0 Å². The lowest BCUT2D eigenvalue weighted by atomic mass is 10.1. The van der Waals surface area contributed by atoms with Crippen molar-refractivity contribution in [1.29, 1.82) is 0 Å². The first-order chi connectivity index (χ1) is 12.7. The van der Waals surface area contributed by atoms with E-state index < -0.39 is 0 Å². The Morgan fingerprint density at radius 2 is 1.88 bits per heavy atom. The highest BCUT2D eigenvalue weighted by Crippen LogP contribution is 2.30. The summed E-state index contributed by atoms with van der Waals surface area (Å²) in [6.45, 7) is 4.52. The van der Waals surface area contributed by atoms with E-state index in [0.29, 0.717) is 6.04 Å². The minimum Gasteiger partial charge on any atom is -0.327 e. The first kappa shape index (κ1) is 17.2. The highest BCUT2D eigenvalue weighted by molar-refractivity contribution is 5.94. The van der Waals surface area contributed by atoms with Gasteiger partial charge < -0.3 is 4.90 Å². The fourth-order valence-electron chi connectivity index (χ4n) is 4.33. The lowest BCUT2D eigenvalue weighted by molar-refractivity contribution is 0.0652. The van der Waals surface area contributed by atoms with Gasteiger partial charge in [0.2, 0.25) is 0 Å². The Hall–Kier alpha value is -2.21. The number of nitrogens with zero attached hydrogens (tertiary/aromatic N) is 4. The normalized spacial score (nSPS) is 22.5. The van der Waals surface area contributed by atoms with Crippen LogP contribution in [-0.2, 0) is 0 Å². The lowest BCUT2D eigenvalue weighted by Crippen LogP contribution is -2.41. The molecule has 2 aliphatic rings. The molecule has 1 aliphatic carbocycles. The minimum absolute atomic E-state index is 0.0753. The average Bonchev–Trinajstić information content (AvgIpc) is 3.30. The SMILES string of the molecule is Cc1nc(C2CN(C3CCCC3)CCCN2C(=O)c2ccccc2)n[nH]1. The third kappa shape index (κ3) is 3.51. The van der Waals surface area contributed by atoms with Gasteiger partial charge in [-0.05, 0) is 38.3 Å². The Bertz CT molecular complexity index is 738. The molecule has 1 N–H and O–H groups in total. The first-order valence-corrected chi connectivity index (χ1v) is 9.71. The zero-order valence-corrected chi connectivity index (χ0v) is 15.4. The molecule has 138 valence electrons. The van der Waals surface area contributed by atoms with E-state index in [2.05, 4.69) is 20.1 Å². The minimum atomic E-state index is -0.101. The number of aromatic nitrogens is 3. The number of nitrogens with one attached hydrogen (secondary N) is 1. The number of rotatable bonds is 3. The van der Waals surface area contributed by atoms with Crippen LogP contribution in [0.4, 0.5) is 0 Å². The molecule has 6 nitrogen and oxygen atoms in total. The molecule has 0 radical (unpaired) electrons. The molecule has 1 aromatic heterocycles. The molecule has 1 atom stereocenters. The monoisotopic (exact) mass is 353 g/mol. The largest absolute Gasteiger partial charge is 0.327 e. The van der Waals surface area contributed by atoms with E-state index in [1.165, 1.54) is 25.7 Å². The van der Waals surface area contributed by atoms with Crippen LogP contribution in [0, 0.1) is 6.92 Å². The number of carbonyl (C=O) groups excluding carboxylic acids is 1. The average molecular weight is 353 g/mol. The van der Waals surface area contributed by atoms with Crippen molar-refractivity contribution in [2.45, 2.75) is 51.1 Å². The molecule has 26 heavy (non-hydrogen) atoms. The van der Waals surface area contributed by atoms with Crippen molar-refractivity contribution in [2.24, 2.45) is 0 Å². The number of hydrogen-bond acceptors (Lipinski definition) is 4. The fourth-order valence-corrected chi connectivity index (χ4v) is 4.33. The fraction of sp³-hybridized carbons (Fsp3) is 0.550. The maximum atomic E-state index is 13.2. The molecule has 1 saturated carbocycles. The highest BCUT2D eigenvalue weighted by atomic mass is 16.2. The molecule has 1 aromatic carbocycles. The molecular weight excluding hydrogens is 326 g/mol. The standard InChI is InChI=1S/C20H27N5O/c1-15-21-19(23-22-15)18-14-24(17-10-5-6-11-17)12-7-13-25(18)20(26)16-8-3-2-4-9-16/h2-4,8-9,17-18H,5-7,10-14H2,1H3,(H,21,22,23). The summed E-state index contributed by atoms with van der Waals surface area (Å²) in [6, 6.07) is 10.1. The molecule has 2 fully saturated rings. The van der Waals surface area contributed by atoms with Crippen molar-refractivity contribution in [3.63, 3.8) is 0 Å². The van der Waals surface area contributed by atoms with Crippen molar-refractivity contribution >= 4 is 5.91 Å². The Kier molecular flexibility index (Phi) is 5.02. The van der Waals surface area contributed by atoms with Gasteiger partial charge in [-0.25, -0.2) is 4.98 Å². The van der Waals surface area contributed by atoms with E-state index in [0.717, 1.165) is 43.3 Å². The Morgan fingerprint density at radius 3 is 2.58 bits per heavy atom. The van der Waals surface area contributed by atoms with Crippen molar-refractivity contribution in [3.05, 3.63) is 47.5 Å². The van der Waals surface area contributed by atoms with E-state index in [1.807, 2.05) is 42.2 Å². The molecule has 4 rings (SSSR count). The Labute approximate surface area is 154 Å². The molecule has 1 saturated heterocycles. The van der Waals surface area contributed by atoms with Crippen LogP contribution < -0.4 is 0 Å². The molecule has 2 aromatic rings. The molecule has 1 aliphatic heterocycles. The number of aromatic amines is 1. The predicted molar refractivity (Wildman–Crippen MR) is 99.8 cm³/mol. The lowest BCUT2D eigenvalue weighted by Gasteiger charge is -2.32. The second-order valence-corrected chi connectivity index (χ2v) is 7.45. The number of carbonyl (C=O) groups is 1. The summed E-state index contributed by atoms with van der Waals surface area (Å²) in [4.78, 5) is 22.3. The van der Waals surface area contributed by atoms with E-state index >= 15 is 0 Å². The van der Waals surface area contributed by atoms with Crippen molar-refractivity contribution in [1.82, 2.24) is 25.0 Å². The number of H-pyrrole nitrogens is 1. The Morgan fingerprint density at radius 1 is 1.12 bits per heavy atom. The first-order valence-electron chi connectivity index (χ1n) is 9.71. The van der Waals surface area contributed by atoms with Gasteiger partial charge in [0.25, 0.3) is 5.91 Å². The quantitative estimate of drug-likeness (QED) is 0.921. The van der Waals surface area contributed by atoms with Crippen molar-refractivity contribution in [3.8, 4) is 0 Å². The highest BCUT2D eigenvalue weighted by Gasteiger charge is 2.35. The van der Waals surface area contributed by atoms with Crippen LogP contribution >= 0.6 is 0 Å². The van der Waals surface area contributed by atoms with Crippen molar-refractivity contribution in [2.75, 3.05) is 19.6 Å². The summed E-state index contributed by atoms with van der Waals surface area (Å²) in [5.41, 5.74) is 0.735. The predicted octanol–water partition coefficient (Wildman–Crippen LogP) is 2.94. The van der Waals surface area contributed by atoms with E-state index in [1.54, 1.807) is 0 Å². The van der Waals surface area contributed by atoms with Crippen LogP contribution in [0.15, 0.2) is 30.3 Å². The third-order valence-electron chi connectivity index (χ3n) is 5.66. The van der Waals surface area contributed by atoms with Gasteiger partial charge in [0, 0.05) is 31.2 Å². The van der Waals surface area contributed by atoms with Gasteiger partial charge in [-0.1, -0.05) is 31.0 Å². The number of amides is 1. The van der Waals surface area contributed by atoms with E-state index in [4.69, 9.17) is 0 Å². The second kappa shape index (κ2) is 7.58. The van der Waals surface area contributed by atoms with Crippen LogP contribution in [0.25, 0.3) is 0 Å². The summed E-state index contributed by atoms with van der Waals surface area (Å²) in [7, 11) is 0. The Balaban J connectivity index is 1.63. The topological polar surface area (TPSA) is 65.1 Å². The zero-order valence-electron chi connectivity index (χ0n) is 15.4. The molecule has 1 unspecified atom stereocenters. The van der Waals surface area contributed by atoms with Crippen molar-refractivity contribution < 1.29 is 4.79 Å². The molecule has 0 spiro atoms. The van der Waals surface area contributed by atoms with E-state index in [9.17, 15) is 4.79 Å². The number of aryl methyl sites for hydroxylation is 1. The maximum Gasteiger partial charge on any atom is 0.254 e. The molecule has 1 amide bonds. The zero-order chi connectivity index (χ0) is 17.9. The molecule has 0 bridgehead atoms. The number of hydrogen-bond donors (Lipinski definition) is 1. The van der Waals surface area contributed by atoms with Gasteiger partial charge in [0.15, 0.2) is 5.82 Å². The van der Waals surface area contributed by atoms with Gasteiger partial charge in [-0.3, -0.25) is 14.8 Å². The van der Waals surface area contributed by atoms with Gasteiger partial charge in [-0.15, -0.1) is 0 Å². The van der Waals surface area contributed by atoms with E-state index in [-0.39, 0.29) is 11.9 Å². The summed E-state index contributed by atoms with van der Waals surface area (Å²) < 4.78 is 0. The van der Waals surface area contributed by atoms with Gasteiger partial charge >= 0.3 is 0 Å². The van der Waals surface area contributed by atoms with Crippen LogP contribution in [0.1, 0.15) is 60.2 Å². The second-order valence-electron chi connectivity index (χ2n) is 7.45. The van der Waals surface area contributed by atoms with Crippen LogP contribution in [0.2, 0.25) is 0 Å². The number of benzene rings is 1. The van der Waals surface area contributed by atoms with Crippen LogP contribution in [0.3, 0.4) is 0 Å². The van der Waals surface area contributed by atoms with Crippen LogP contribution in [-0.4, -0.2) is 56.6 Å². The third-order valence-corrected chi connectivity index (χ3v) is 5.66. The van der Waals surface area contributed by atoms with Gasteiger partial charge in [-0.2, -0.15) is 5.10 Å². The summed E-state index contributed by atoms with van der Waals surface area (Å²) in [5.74, 6) is 1.60. The summed E-state index contributed by atoms with van der Waals surface area (Å²) in [5, 5.41) is 7.36. The smallest absolute Gasteiger partial charge is 0.254 e. The summed E-state index contributed by atoms with van der Waals surface area (Å²) >= 11 is 0.